The maximum atomic E-state index is 13.9. The minimum Gasteiger partial charge on any atom is -0.243 e. The molecule has 0 unspecified atom stereocenters. The Morgan fingerprint density at radius 3 is 1.88 bits per heavy atom. The molecule has 0 radical (unpaired) electrons. The highest BCUT2D eigenvalue weighted by atomic mass is 16.2. The molecular formula is C25H24N6O. The number of aromatic nitrogens is 3. The van der Waals surface area contributed by atoms with Crippen molar-refractivity contribution < 1.29 is 4.79 Å². The third kappa shape index (κ3) is 3.26. The first-order valence-electron chi connectivity index (χ1n) is 11.1. The number of hydrogen-bond acceptors (Lipinski definition) is 5. The van der Waals surface area contributed by atoms with Gasteiger partial charge in [-0.15, -0.1) is 5.10 Å². The third-order valence-electron chi connectivity index (χ3n) is 6.46. The summed E-state index contributed by atoms with van der Waals surface area (Å²) < 4.78 is 1.43. The standard InChI is InChI=1S/C25H24N6O/c32-25(30-24-12-6-5-11-23(24)26-27-30)31(28-15-13-19-7-1-3-9-21(19)17-28)29-16-14-20-8-2-4-10-22(20)18-29/h1-12H,13-18H2. The average Bonchev–Trinajstić information content (AvgIpc) is 3.28. The van der Waals surface area contributed by atoms with E-state index >= 15 is 0 Å². The second-order valence-electron chi connectivity index (χ2n) is 8.38. The van der Waals surface area contributed by atoms with Crippen molar-refractivity contribution in [1.82, 2.24) is 30.1 Å². The lowest BCUT2D eigenvalue weighted by atomic mass is 10.0. The molecule has 160 valence electrons. The largest absolute Gasteiger partial charge is 0.376 e. The first kappa shape index (κ1) is 19.2. The van der Waals surface area contributed by atoms with Crippen LogP contribution in [0.25, 0.3) is 11.0 Å². The molecule has 0 saturated carbocycles. The molecule has 7 nitrogen and oxygen atoms in total. The Morgan fingerprint density at radius 2 is 1.25 bits per heavy atom. The van der Waals surface area contributed by atoms with E-state index in [0.717, 1.165) is 31.4 Å². The van der Waals surface area contributed by atoms with Gasteiger partial charge in [0.05, 0.1) is 5.52 Å². The van der Waals surface area contributed by atoms with Crippen LogP contribution >= 0.6 is 0 Å². The van der Waals surface area contributed by atoms with E-state index < -0.39 is 0 Å². The fraction of sp³-hybridized carbons (Fsp3) is 0.240. The highest BCUT2D eigenvalue weighted by Gasteiger charge is 2.34. The van der Waals surface area contributed by atoms with Gasteiger partial charge in [0.1, 0.15) is 5.52 Å². The molecular weight excluding hydrogens is 400 g/mol. The van der Waals surface area contributed by atoms with Gasteiger partial charge in [-0.05, 0) is 47.2 Å². The molecule has 3 heterocycles. The van der Waals surface area contributed by atoms with Crippen molar-refractivity contribution in [3.8, 4) is 0 Å². The number of rotatable bonds is 2. The minimum absolute atomic E-state index is 0.197. The van der Waals surface area contributed by atoms with Crippen LogP contribution in [0, 0.1) is 0 Å². The fourth-order valence-corrected chi connectivity index (χ4v) is 4.80. The summed E-state index contributed by atoms with van der Waals surface area (Å²) in [6.45, 7) is 2.92. The van der Waals surface area contributed by atoms with Crippen LogP contribution in [-0.4, -0.2) is 49.3 Å². The molecule has 4 aromatic rings. The van der Waals surface area contributed by atoms with Crippen molar-refractivity contribution in [1.29, 1.82) is 0 Å². The van der Waals surface area contributed by atoms with Crippen molar-refractivity contribution in [2.24, 2.45) is 0 Å². The van der Waals surface area contributed by atoms with Crippen LogP contribution in [0.1, 0.15) is 22.3 Å². The Kier molecular flexibility index (Phi) is 4.70. The Morgan fingerprint density at radius 1 is 0.719 bits per heavy atom. The zero-order chi connectivity index (χ0) is 21.5. The van der Waals surface area contributed by atoms with Gasteiger partial charge >= 0.3 is 6.03 Å². The molecule has 0 N–H and O–H groups in total. The van der Waals surface area contributed by atoms with Crippen LogP contribution in [0.5, 0.6) is 0 Å². The molecule has 3 aromatic carbocycles. The lowest BCUT2D eigenvalue weighted by molar-refractivity contribution is -0.157. The predicted octanol–water partition coefficient (Wildman–Crippen LogP) is 3.65. The van der Waals surface area contributed by atoms with Gasteiger partial charge in [0.2, 0.25) is 0 Å². The van der Waals surface area contributed by atoms with E-state index in [2.05, 4.69) is 68.9 Å². The van der Waals surface area contributed by atoms with Gasteiger partial charge in [-0.25, -0.2) is 4.79 Å². The van der Waals surface area contributed by atoms with E-state index in [4.69, 9.17) is 0 Å². The third-order valence-corrected chi connectivity index (χ3v) is 6.46. The van der Waals surface area contributed by atoms with Crippen molar-refractivity contribution in [2.45, 2.75) is 25.9 Å². The van der Waals surface area contributed by atoms with Crippen LogP contribution in [-0.2, 0) is 25.9 Å². The summed E-state index contributed by atoms with van der Waals surface area (Å²) in [7, 11) is 0. The van der Waals surface area contributed by atoms with Crippen molar-refractivity contribution in [3.63, 3.8) is 0 Å². The van der Waals surface area contributed by atoms with Crippen molar-refractivity contribution >= 4 is 17.1 Å². The summed E-state index contributed by atoms with van der Waals surface area (Å²) in [4.78, 5) is 13.9. The zero-order valence-electron chi connectivity index (χ0n) is 17.8. The van der Waals surface area contributed by atoms with E-state index in [-0.39, 0.29) is 6.03 Å². The fourth-order valence-electron chi connectivity index (χ4n) is 4.80. The lowest BCUT2D eigenvalue weighted by Crippen LogP contribution is -2.59. The Hall–Kier alpha value is -3.55. The quantitative estimate of drug-likeness (QED) is 0.492. The molecule has 2 aliphatic heterocycles. The molecule has 0 spiro atoms. The van der Waals surface area contributed by atoms with E-state index in [1.807, 2.05) is 29.4 Å². The summed E-state index contributed by atoms with van der Waals surface area (Å²) >= 11 is 0. The van der Waals surface area contributed by atoms with Crippen LogP contribution in [0.15, 0.2) is 72.8 Å². The molecule has 0 aliphatic carbocycles. The molecule has 7 heteroatoms. The predicted molar refractivity (Wildman–Crippen MR) is 121 cm³/mol. The molecule has 2 aliphatic rings. The Balaban J connectivity index is 1.39. The normalized spacial score (nSPS) is 16.5. The zero-order valence-corrected chi connectivity index (χ0v) is 17.8. The van der Waals surface area contributed by atoms with Gasteiger partial charge < -0.3 is 0 Å². The van der Waals surface area contributed by atoms with Gasteiger partial charge in [0, 0.05) is 26.2 Å². The number of carbonyl (C=O) groups is 1. The van der Waals surface area contributed by atoms with E-state index in [9.17, 15) is 4.79 Å². The first-order chi connectivity index (χ1) is 15.8. The maximum absolute atomic E-state index is 13.9. The molecule has 1 amide bonds. The van der Waals surface area contributed by atoms with Crippen LogP contribution in [0.3, 0.4) is 0 Å². The molecule has 32 heavy (non-hydrogen) atoms. The number of fused-ring (bicyclic) bond motifs is 3. The molecule has 0 saturated heterocycles. The molecule has 0 fully saturated rings. The molecule has 0 atom stereocenters. The Bertz CT molecular complexity index is 1240. The number of para-hydroxylation sites is 1. The second kappa shape index (κ2) is 7.85. The number of nitrogens with zero attached hydrogens (tertiary/aromatic N) is 6. The smallest absolute Gasteiger partial charge is 0.243 e. The topological polar surface area (TPSA) is 57.5 Å². The summed E-state index contributed by atoms with van der Waals surface area (Å²) in [5.74, 6) is 0. The lowest BCUT2D eigenvalue weighted by Gasteiger charge is -2.45. The molecule has 0 bridgehead atoms. The molecule has 1 aromatic heterocycles. The Labute approximate surface area is 186 Å². The number of amides is 1. The van der Waals surface area contributed by atoms with Crippen LogP contribution < -0.4 is 0 Å². The average molecular weight is 425 g/mol. The summed E-state index contributed by atoms with van der Waals surface area (Å²) in [6, 6.07) is 24.4. The highest BCUT2D eigenvalue weighted by Crippen LogP contribution is 2.26. The summed E-state index contributed by atoms with van der Waals surface area (Å²) in [5, 5.41) is 14.5. The summed E-state index contributed by atoms with van der Waals surface area (Å²) in [5.41, 5.74) is 6.67. The van der Waals surface area contributed by atoms with E-state index in [1.54, 1.807) is 0 Å². The SMILES string of the molecule is O=C(N(N1CCc2ccccc2C1)N1CCc2ccccc2C1)n1nnc2ccccc21. The van der Waals surface area contributed by atoms with Crippen molar-refractivity contribution in [3.05, 3.63) is 95.1 Å². The van der Waals surface area contributed by atoms with Gasteiger partial charge in [-0.2, -0.15) is 19.8 Å². The van der Waals surface area contributed by atoms with Crippen LogP contribution in [0.2, 0.25) is 0 Å². The number of hydrazine groups is 2. The van der Waals surface area contributed by atoms with Gasteiger partial charge in [0.25, 0.3) is 0 Å². The van der Waals surface area contributed by atoms with Crippen LogP contribution in [0.4, 0.5) is 4.79 Å². The van der Waals surface area contributed by atoms with Gasteiger partial charge in [-0.3, -0.25) is 0 Å². The van der Waals surface area contributed by atoms with Gasteiger partial charge in [0.15, 0.2) is 0 Å². The maximum Gasteiger partial charge on any atom is 0.376 e. The summed E-state index contributed by atoms with van der Waals surface area (Å²) in [6.07, 6.45) is 1.81. The highest BCUT2D eigenvalue weighted by molar-refractivity contribution is 5.87. The van der Waals surface area contributed by atoms with E-state index in [1.165, 1.54) is 26.9 Å². The monoisotopic (exact) mass is 424 g/mol. The van der Waals surface area contributed by atoms with Gasteiger partial charge in [-0.1, -0.05) is 65.9 Å². The first-order valence-corrected chi connectivity index (χ1v) is 11.1. The van der Waals surface area contributed by atoms with E-state index in [0.29, 0.717) is 18.6 Å². The number of hydrogen-bond donors (Lipinski definition) is 0. The molecule has 6 rings (SSSR count). The number of benzene rings is 3. The second-order valence-corrected chi connectivity index (χ2v) is 8.38. The minimum atomic E-state index is -0.197. The number of carbonyl (C=O) groups excluding carboxylic acids is 1. The van der Waals surface area contributed by atoms with Crippen molar-refractivity contribution in [2.75, 3.05) is 13.1 Å².